The van der Waals surface area contributed by atoms with E-state index in [0.29, 0.717) is 25.6 Å². The third kappa shape index (κ3) is 19.7. The molecule has 0 saturated carbocycles. The van der Waals surface area contributed by atoms with Gasteiger partial charge >= 0.3 is 0 Å². The molecule has 0 heterocycles. The molecule has 26 heavy (non-hydrogen) atoms. The number of nitriles is 3. The molecule has 3 unspecified atom stereocenters. The molecule has 0 saturated heterocycles. The van der Waals surface area contributed by atoms with Crippen molar-refractivity contribution in [1.29, 1.82) is 15.8 Å². The van der Waals surface area contributed by atoms with Gasteiger partial charge in [-0.25, -0.2) is 0 Å². The summed E-state index contributed by atoms with van der Waals surface area (Å²) in [6.45, 7) is 15.2. The second kappa shape index (κ2) is 15.0. The van der Waals surface area contributed by atoms with E-state index < -0.39 is 0 Å². The van der Waals surface area contributed by atoms with Gasteiger partial charge in [0.2, 0.25) is 0 Å². The fourth-order valence-electron chi connectivity index (χ4n) is 1.53. The molecule has 7 heteroatoms. The zero-order chi connectivity index (χ0) is 20.6. The van der Waals surface area contributed by atoms with Crippen LogP contribution >= 0.6 is 0 Å². The monoisotopic (exact) mass is 359 g/mol. The number of nitrogens with zero attached hydrogens (tertiary/aromatic N) is 7. The first-order chi connectivity index (χ1) is 12.1. The summed E-state index contributed by atoms with van der Waals surface area (Å²) in [5, 5.41) is 41.4. The summed E-state index contributed by atoms with van der Waals surface area (Å²) in [4.78, 5) is 0. The van der Waals surface area contributed by atoms with Crippen molar-refractivity contribution >= 4 is 0 Å². The molecule has 0 aromatic carbocycles. The Morgan fingerprint density at radius 2 is 1.19 bits per heavy atom. The number of hydrogen-bond acceptors (Lipinski definition) is 7. The maximum absolute atomic E-state index is 8.85. The van der Waals surface area contributed by atoms with Gasteiger partial charge in [-0.1, -0.05) is 13.8 Å². The molecule has 0 aliphatic heterocycles. The van der Waals surface area contributed by atoms with Crippen molar-refractivity contribution in [3.05, 3.63) is 0 Å². The molecule has 0 fully saturated rings. The molecule has 0 rings (SSSR count). The van der Waals surface area contributed by atoms with E-state index in [1.165, 1.54) is 0 Å². The van der Waals surface area contributed by atoms with E-state index in [2.05, 4.69) is 40.4 Å². The van der Waals surface area contributed by atoms with Crippen LogP contribution in [0.15, 0.2) is 20.5 Å². The minimum absolute atomic E-state index is 0.0149. The van der Waals surface area contributed by atoms with Crippen molar-refractivity contribution < 1.29 is 0 Å². The van der Waals surface area contributed by atoms with Crippen molar-refractivity contribution in [3.8, 4) is 18.2 Å². The van der Waals surface area contributed by atoms with E-state index in [1.54, 1.807) is 13.8 Å². The summed E-state index contributed by atoms with van der Waals surface area (Å²) in [6.07, 6.45) is 0.902. The van der Waals surface area contributed by atoms with Crippen LogP contribution in [0.3, 0.4) is 0 Å². The van der Waals surface area contributed by atoms with Gasteiger partial charge in [0.1, 0.15) is 0 Å². The zero-order valence-electron chi connectivity index (χ0n) is 17.3. The van der Waals surface area contributed by atoms with Gasteiger partial charge < -0.3 is 0 Å². The first-order valence-electron chi connectivity index (χ1n) is 8.96. The third-order valence-electron chi connectivity index (χ3n) is 2.86. The highest BCUT2D eigenvalue weighted by Gasteiger charge is 2.11. The predicted molar refractivity (Wildman–Crippen MR) is 102 cm³/mol. The van der Waals surface area contributed by atoms with Gasteiger partial charge in [0, 0.05) is 0 Å². The molecule has 0 radical (unpaired) electrons. The number of hydrogen-bond donors (Lipinski definition) is 0. The Labute approximate surface area is 158 Å². The van der Waals surface area contributed by atoms with Gasteiger partial charge in [-0.05, 0) is 47.0 Å². The van der Waals surface area contributed by atoms with Crippen molar-refractivity contribution in [2.24, 2.45) is 44.1 Å². The predicted octanol–water partition coefficient (Wildman–Crippen LogP) is 5.18. The lowest BCUT2D eigenvalue weighted by molar-refractivity contribution is 0.467. The number of rotatable bonds is 8. The summed E-state index contributed by atoms with van der Waals surface area (Å²) in [5.74, 6) is 0.378. The second-order valence-corrected chi connectivity index (χ2v) is 7.76. The summed E-state index contributed by atoms with van der Waals surface area (Å²) < 4.78 is 0. The van der Waals surface area contributed by atoms with Crippen molar-refractivity contribution in [2.75, 3.05) is 19.6 Å². The van der Waals surface area contributed by atoms with E-state index in [4.69, 9.17) is 15.8 Å². The molecule has 0 N–H and O–H groups in total. The van der Waals surface area contributed by atoms with E-state index in [-0.39, 0.29) is 23.3 Å². The van der Waals surface area contributed by atoms with Crippen LogP contribution in [0, 0.1) is 57.7 Å². The molecule has 0 aliphatic carbocycles. The van der Waals surface area contributed by atoms with Crippen LogP contribution in [0.1, 0.15) is 54.9 Å². The Kier molecular flexibility index (Phi) is 14.9. The second-order valence-electron chi connectivity index (χ2n) is 7.76. The Balaban J connectivity index is 0. The lowest BCUT2D eigenvalue weighted by Crippen LogP contribution is -2.10. The Morgan fingerprint density at radius 1 is 0.731 bits per heavy atom. The highest BCUT2D eigenvalue weighted by atomic mass is 15.1. The maximum atomic E-state index is 8.85. The molecule has 0 aliphatic rings. The summed E-state index contributed by atoms with van der Waals surface area (Å²) in [7, 11) is 0. The van der Waals surface area contributed by atoms with E-state index in [1.807, 2.05) is 32.9 Å². The largest absolute Gasteiger partial charge is 0.198 e. The van der Waals surface area contributed by atoms with Gasteiger partial charge in [-0.2, -0.15) is 36.2 Å². The summed E-state index contributed by atoms with van der Waals surface area (Å²) in [5.41, 5.74) is -0.127. The molecular weight excluding hydrogens is 326 g/mol. The zero-order valence-corrected chi connectivity index (χ0v) is 17.3. The molecule has 0 aromatic heterocycles. The Hall–Kier alpha value is -2.33. The average molecular weight is 360 g/mol. The maximum Gasteiger partial charge on any atom is 0.0757 e. The standard InChI is InChI=1S/C11H21N3.C8H12N4/c1-9(2)6-10(7-12)8-13-14-11(3,4)5;1-7(3-9)5-11-12-6-8(2)4-10/h9-10H,6,8H2,1-5H3;7-8H,5-6H2,1-2H3. The normalized spacial score (nSPS) is 14.8. The van der Waals surface area contributed by atoms with Crippen LogP contribution in [-0.2, 0) is 0 Å². The van der Waals surface area contributed by atoms with Crippen molar-refractivity contribution in [1.82, 2.24) is 0 Å². The van der Waals surface area contributed by atoms with E-state index >= 15 is 0 Å². The fourth-order valence-corrected chi connectivity index (χ4v) is 1.53. The molecule has 0 aromatic rings. The van der Waals surface area contributed by atoms with Gasteiger partial charge in [-0.15, -0.1) is 0 Å². The van der Waals surface area contributed by atoms with Crippen LogP contribution in [0.25, 0.3) is 0 Å². The number of azo groups is 2. The summed E-state index contributed by atoms with van der Waals surface area (Å²) in [6, 6.07) is 6.36. The van der Waals surface area contributed by atoms with Crippen LogP contribution in [-0.4, -0.2) is 25.2 Å². The van der Waals surface area contributed by atoms with E-state index in [9.17, 15) is 0 Å². The fraction of sp³-hybridized carbons (Fsp3) is 0.842. The van der Waals surface area contributed by atoms with Crippen LogP contribution in [0.5, 0.6) is 0 Å². The van der Waals surface area contributed by atoms with Crippen LogP contribution in [0.4, 0.5) is 0 Å². The molecule has 3 atom stereocenters. The van der Waals surface area contributed by atoms with Crippen molar-refractivity contribution in [2.45, 2.75) is 60.4 Å². The molecule has 144 valence electrons. The van der Waals surface area contributed by atoms with Crippen molar-refractivity contribution in [3.63, 3.8) is 0 Å². The molecule has 0 bridgehead atoms. The van der Waals surface area contributed by atoms with Gasteiger partial charge in [-0.3, -0.25) is 0 Å². The molecule has 0 spiro atoms. The topological polar surface area (TPSA) is 121 Å². The molecular formula is C19H33N7. The van der Waals surface area contributed by atoms with Crippen LogP contribution in [0.2, 0.25) is 0 Å². The highest BCUT2D eigenvalue weighted by Crippen LogP contribution is 2.13. The van der Waals surface area contributed by atoms with E-state index in [0.717, 1.165) is 6.42 Å². The lowest BCUT2D eigenvalue weighted by atomic mass is 9.99. The van der Waals surface area contributed by atoms with Gasteiger partial charge in [0.05, 0.1) is 61.1 Å². The van der Waals surface area contributed by atoms with Gasteiger partial charge in [0.15, 0.2) is 0 Å². The molecule has 7 nitrogen and oxygen atoms in total. The quantitative estimate of drug-likeness (QED) is 0.555. The van der Waals surface area contributed by atoms with Gasteiger partial charge in [0.25, 0.3) is 0 Å². The first-order valence-corrected chi connectivity index (χ1v) is 8.96. The minimum atomic E-state index is -0.127. The SMILES string of the molecule is CC(C#N)CN=NCC(C)C#N.CC(C)CC(C#N)CN=NC(C)(C)C. The summed E-state index contributed by atoms with van der Waals surface area (Å²) >= 11 is 0. The lowest BCUT2D eigenvalue weighted by Gasteiger charge is -2.11. The third-order valence-corrected chi connectivity index (χ3v) is 2.86. The highest BCUT2D eigenvalue weighted by molar-refractivity contribution is 4.85. The van der Waals surface area contributed by atoms with Crippen LogP contribution < -0.4 is 0 Å². The Morgan fingerprint density at radius 3 is 1.50 bits per heavy atom. The first kappa shape index (κ1) is 25.9. The molecule has 0 amide bonds. The average Bonchev–Trinajstić information content (AvgIpc) is 2.56. The minimum Gasteiger partial charge on any atom is -0.198 e. The smallest absolute Gasteiger partial charge is 0.0757 e. The Bertz CT molecular complexity index is 514.